The lowest BCUT2D eigenvalue weighted by molar-refractivity contribution is -0.142. The Bertz CT molecular complexity index is 365. The minimum atomic E-state index is -0.303. The monoisotopic (exact) mass is 205 g/mol. The summed E-state index contributed by atoms with van der Waals surface area (Å²) in [6.07, 6.45) is 0.256. The number of aryl methyl sites for hydroxylation is 1. The molecule has 4 heteroatoms. The molecule has 0 N–H and O–H groups in total. The Labute approximate surface area is 88.5 Å². The van der Waals surface area contributed by atoms with Gasteiger partial charge in [-0.05, 0) is 12.5 Å². The molecule has 0 saturated carbocycles. The molecule has 0 heterocycles. The first-order valence-electron chi connectivity index (χ1n) is 4.74. The summed E-state index contributed by atoms with van der Waals surface area (Å²) in [6.45, 7) is 2.24. The first-order chi connectivity index (χ1) is 7.22. The quantitative estimate of drug-likeness (QED) is 0.428. The number of carbonyl (C=O) groups is 1. The highest BCUT2D eigenvalue weighted by Gasteiger charge is 2.06. The van der Waals surface area contributed by atoms with Crippen LogP contribution in [0.5, 0.6) is 0 Å². The van der Waals surface area contributed by atoms with Gasteiger partial charge in [-0.2, -0.15) is 0 Å². The van der Waals surface area contributed by atoms with Crippen molar-refractivity contribution in [3.8, 4) is 0 Å². The molecular formula is C11H13N2O2+. The highest BCUT2D eigenvalue weighted by Crippen LogP contribution is 2.04. The number of hydrogen-bond acceptors (Lipinski definition) is 3. The maximum Gasteiger partial charge on any atom is 0.338 e. The van der Waals surface area contributed by atoms with E-state index in [9.17, 15) is 4.79 Å². The van der Waals surface area contributed by atoms with E-state index in [4.69, 9.17) is 10.1 Å². The van der Waals surface area contributed by atoms with Crippen molar-refractivity contribution in [3.63, 3.8) is 0 Å². The SMILES string of the molecule is Cc1ccc(CC(=O)OCC[N+]#N)cc1. The first kappa shape index (κ1) is 11.2. The van der Waals surface area contributed by atoms with Gasteiger partial charge in [0.05, 0.1) is 6.42 Å². The maximum absolute atomic E-state index is 11.2. The van der Waals surface area contributed by atoms with E-state index in [-0.39, 0.29) is 25.5 Å². The van der Waals surface area contributed by atoms with Crippen LogP contribution in [-0.4, -0.2) is 19.1 Å². The summed E-state index contributed by atoms with van der Waals surface area (Å²) in [6, 6.07) is 7.69. The van der Waals surface area contributed by atoms with Crippen LogP contribution in [0.25, 0.3) is 4.98 Å². The minimum Gasteiger partial charge on any atom is -0.457 e. The Hall–Kier alpha value is -1.89. The van der Waals surface area contributed by atoms with Gasteiger partial charge in [-0.25, -0.2) is 0 Å². The first-order valence-corrected chi connectivity index (χ1v) is 4.74. The number of rotatable bonds is 4. The van der Waals surface area contributed by atoms with Crippen molar-refractivity contribution in [1.29, 1.82) is 5.39 Å². The van der Waals surface area contributed by atoms with Crippen molar-refractivity contribution >= 4 is 5.97 Å². The lowest BCUT2D eigenvalue weighted by atomic mass is 10.1. The number of diazo groups is 1. The second kappa shape index (κ2) is 5.76. The molecule has 0 radical (unpaired) electrons. The van der Waals surface area contributed by atoms with Gasteiger partial charge in [0.25, 0.3) is 0 Å². The maximum atomic E-state index is 11.2. The zero-order valence-corrected chi connectivity index (χ0v) is 8.64. The van der Waals surface area contributed by atoms with E-state index in [2.05, 4.69) is 4.98 Å². The minimum absolute atomic E-state index is 0.125. The molecule has 0 saturated heterocycles. The molecule has 0 aliphatic rings. The molecule has 1 aromatic rings. The van der Waals surface area contributed by atoms with E-state index < -0.39 is 0 Å². The van der Waals surface area contributed by atoms with E-state index >= 15 is 0 Å². The Morgan fingerprint density at radius 1 is 1.40 bits per heavy atom. The van der Waals surface area contributed by atoms with Gasteiger partial charge in [0.1, 0.15) is 4.98 Å². The lowest BCUT2D eigenvalue weighted by Crippen LogP contribution is -2.10. The fourth-order valence-corrected chi connectivity index (χ4v) is 1.12. The van der Waals surface area contributed by atoms with Gasteiger partial charge >= 0.3 is 12.5 Å². The van der Waals surface area contributed by atoms with Crippen molar-refractivity contribution in [2.75, 3.05) is 13.2 Å². The van der Waals surface area contributed by atoms with Gasteiger partial charge in [0.2, 0.25) is 5.39 Å². The fourth-order valence-electron chi connectivity index (χ4n) is 1.12. The number of benzene rings is 1. The molecule has 0 bridgehead atoms. The van der Waals surface area contributed by atoms with Crippen molar-refractivity contribution in [2.45, 2.75) is 13.3 Å². The van der Waals surface area contributed by atoms with Crippen LogP contribution in [0.2, 0.25) is 0 Å². The summed E-state index contributed by atoms with van der Waals surface area (Å²) in [5.74, 6) is -0.303. The molecule has 0 atom stereocenters. The summed E-state index contributed by atoms with van der Waals surface area (Å²) >= 11 is 0. The van der Waals surface area contributed by atoms with Gasteiger partial charge in [0, 0.05) is 0 Å². The molecule has 1 aromatic carbocycles. The van der Waals surface area contributed by atoms with Gasteiger partial charge in [-0.3, -0.25) is 4.79 Å². The average Bonchev–Trinajstić information content (AvgIpc) is 2.22. The lowest BCUT2D eigenvalue weighted by Gasteiger charge is -2.01. The number of nitrogens with zero attached hydrogens (tertiary/aromatic N) is 2. The average molecular weight is 205 g/mol. The molecule has 4 nitrogen and oxygen atoms in total. The van der Waals surface area contributed by atoms with E-state index in [1.807, 2.05) is 31.2 Å². The van der Waals surface area contributed by atoms with Crippen LogP contribution in [-0.2, 0) is 16.0 Å². The Morgan fingerprint density at radius 2 is 2.07 bits per heavy atom. The number of esters is 1. The number of carbonyl (C=O) groups excluding carboxylic acids is 1. The van der Waals surface area contributed by atoms with Crippen LogP contribution < -0.4 is 0 Å². The van der Waals surface area contributed by atoms with Crippen LogP contribution in [0, 0.1) is 12.3 Å². The molecule has 0 unspecified atom stereocenters. The van der Waals surface area contributed by atoms with Crippen molar-refractivity contribution in [3.05, 3.63) is 40.4 Å². The van der Waals surface area contributed by atoms with Gasteiger partial charge in [-0.1, -0.05) is 29.8 Å². The Kier molecular flexibility index (Phi) is 4.30. The van der Waals surface area contributed by atoms with Gasteiger partial charge in [0.15, 0.2) is 6.61 Å². The Balaban J connectivity index is 2.38. The van der Waals surface area contributed by atoms with E-state index in [1.54, 1.807) is 0 Å². The molecule has 15 heavy (non-hydrogen) atoms. The van der Waals surface area contributed by atoms with Crippen LogP contribution >= 0.6 is 0 Å². The molecule has 0 spiro atoms. The predicted molar refractivity (Wildman–Crippen MR) is 55.8 cm³/mol. The van der Waals surface area contributed by atoms with Crippen molar-refractivity contribution in [2.24, 2.45) is 0 Å². The Morgan fingerprint density at radius 3 is 2.67 bits per heavy atom. The largest absolute Gasteiger partial charge is 0.457 e. The standard InChI is InChI=1S/C11H13N2O2/c1-9-2-4-10(5-3-9)8-11(14)15-7-6-13-12/h2-5H,6-8H2,1H3/q+1. The summed E-state index contributed by atoms with van der Waals surface area (Å²) in [4.78, 5) is 14.1. The fraction of sp³-hybridized carbons (Fsp3) is 0.364. The van der Waals surface area contributed by atoms with Crippen LogP contribution in [0.4, 0.5) is 0 Å². The van der Waals surface area contributed by atoms with Gasteiger partial charge < -0.3 is 4.74 Å². The normalized spacial score (nSPS) is 9.33. The summed E-state index contributed by atoms with van der Waals surface area (Å²) in [7, 11) is 0. The number of ether oxygens (including phenoxy) is 1. The smallest absolute Gasteiger partial charge is 0.338 e. The molecule has 0 amide bonds. The zero-order valence-electron chi connectivity index (χ0n) is 8.64. The van der Waals surface area contributed by atoms with Crippen molar-refractivity contribution in [1.82, 2.24) is 0 Å². The van der Waals surface area contributed by atoms with E-state index in [0.29, 0.717) is 0 Å². The third-order valence-electron chi connectivity index (χ3n) is 1.92. The molecule has 0 aliphatic heterocycles. The van der Waals surface area contributed by atoms with E-state index in [0.717, 1.165) is 11.1 Å². The molecule has 1 rings (SSSR count). The van der Waals surface area contributed by atoms with Crippen LogP contribution in [0.1, 0.15) is 11.1 Å². The summed E-state index contributed by atoms with van der Waals surface area (Å²) < 4.78 is 4.82. The van der Waals surface area contributed by atoms with Crippen molar-refractivity contribution < 1.29 is 9.53 Å². The second-order valence-corrected chi connectivity index (χ2v) is 3.25. The third kappa shape index (κ3) is 4.23. The van der Waals surface area contributed by atoms with E-state index in [1.165, 1.54) is 0 Å². The van der Waals surface area contributed by atoms with Crippen LogP contribution in [0.15, 0.2) is 24.3 Å². The van der Waals surface area contributed by atoms with Gasteiger partial charge in [-0.15, -0.1) is 0 Å². The molecular weight excluding hydrogens is 192 g/mol. The molecule has 0 aliphatic carbocycles. The highest BCUT2D eigenvalue weighted by molar-refractivity contribution is 5.72. The molecule has 0 fully saturated rings. The zero-order chi connectivity index (χ0) is 11.1. The predicted octanol–water partition coefficient (Wildman–Crippen LogP) is 1.93. The van der Waals surface area contributed by atoms with Crippen LogP contribution in [0.3, 0.4) is 0 Å². The topological polar surface area (TPSA) is 54.5 Å². The summed E-state index contributed by atoms with van der Waals surface area (Å²) in [5, 5.41) is 8.13. The second-order valence-electron chi connectivity index (χ2n) is 3.25. The number of hydrogen-bond donors (Lipinski definition) is 0. The third-order valence-corrected chi connectivity index (χ3v) is 1.92. The molecule has 78 valence electrons. The highest BCUT2D eigenvalue weighted by atomic mass is 16.5. The summed E-state index contributed by atoms with van der Waals surface area (Å²) in [5.41, 5.74) is 2.08. The molecule has 0 aromatic heterocycles.